The van der Waals surface area contributed by atoms with Gasteiger partial charge in [-0.3, -0.25) is 4.90 Å². The van der Waals surface area contributed by atoms with E-state index in [1.165, 1.54) is 10.5 Å². The smallest absolute Gasteiger partial charge is 0.124 e. The average molecular weight is 359 g/mol. The number of nitrogens with zero attached hydrogens (tertiary/aromatic N) is 1. The molecule has 5 heteroatoms. The van der Waals surface area contributed by atoms with E-state index >= 15 is 0 Å². The van der Waals surface area contributed by atoms with Gasteiger partial charge < -0.3 is 14.8 Å². The molecule has 2 aromatic carbocycles. The SMILES string of the molecule is COc1ccc(OC)c(C(c2ccc(SC)cc2)N2CCNCC2)c1. The number of benzene rings is 2. The summed E-state index contributed by atoms with van der Waals surface area (Å²) in [6, 6.07) is 15.1. The van der Waals surface area contributed by atoms with Gasteiger partial charge in [-0.1, -0.05) is 12.1 Å². The Balaban J connectivity index is 2.06. The number of hydrogen-bond acceptors (Lipinski definition) is 5. The number of ether oxygens (including phenoxy) is 2. The van der Waals surface area contributed by atoms with Crippen molar-refractivity contribution in [3.63, 3.8) is 0 Å². The second-order valence-corrected chi connectivity index (χ2v) is 6.95. The maximum absolute atomic E-state index is 5.68. The number of rotatable bonds is 6. The van der Waals surface area contributed by atoms with Gasteiger partial charge in [0.1, 0.15) is 11.5 Å². The number of nitrogens with one attached hydrogen (secondary N) is 1. The summed E-state index contributed by atoms with van der Waals surface area (Å²) in [5, 5.41) is 3.44. The minimum absolute atomic E-state index is 0.156. The summed E-state index contributed by atoms with van der Waals surface area (Å²) in [5.74, 6) is 1.76. The van der Waals surface area contributed by atoms with Gasteiger partial charge in [-0.05, 0) is 42.2 Å². The molecule has 0 aromatic heterocycles. The van der Waals surface area contributed by atoms with E-state index in [4.69, 9.17) is 9.47 Å². The standard InChI is InChI=1S/C20H26N2O2S/c1-23-16-6-9-19(24-2)18(14-16)20(22-12-10-21-11-13-22)15-4-7-17(25-3)8-5-15/h4-9,14,20-21H,10-13H2,1-3H3. The van der Waals surface area contributed by atoms with Crippen LogP contribution in [0.4, 0.5) is 0 Å². The van der Waals surface area contributed by atoms with Crippen molar-refractivity contribution < 1.29 is 9.47 Å². The van der Waals surface area contributed by atoms with Crippen molar-refractivity contribution >= 4 is 11.8 Å². The zero-order chi connectivity index (χ0) is 17.6. The fourth-order valence-electron chi connectivity index (χ4n) is 3.37. The molecule has 25 heavy (non-hydrogen) atoms. The summed E-state index contributed by atoms with van der Waals surface area (Å²) in [4.78, 5) is 3.79. The molecule has 0 amide bonds. The van der Waals surface area contributed by atoms with Crippen molar-refractivity contribution in [2.45, 2.75) is 10.9 Å². The molecule has 0 aliphatic carbocycles. The van der Waals surface area contributed by atoms with E-state index in [0.29, 0.717) is 0 Å². The van der Waals surface area contributed by atoms with E-state index in [-0.39, 0.29) is 6.04 Å². The Hall–Kier alpha value is -1.69. The van der Waals surface area contributed by atoms with Gasteiger partial charge in [-0.15, -0.1) is 11.8 Å². The van der Waals surface area contributed by atoms with Crippen LogP contribution in [0.1, 0.15) is 17.2 Å². The molecular weight excluding hydrogens is 332 g/mol. The summed E-state index contributed by atoms with van der Waals surface area (Å²) in [6.45, 7) is 4.03. The van der Waals surface area contributed by atoms with E-state index in [9.17, 15) is 0 Å². The first-order valence-electron chi connectivity index (χ1n) is 8.57. The Morgan fingerprint density at radius 3 is 2.32 bits per heavy atom. The van der Waals surface area contributed by atoms with Crippen LogP contribution < -0.4 is 14.8 Å². The largest absolute Gasteiger partial charge is 0.497 e. The first-order valence-corrected chi connectivity index (χ1v) is 9.80. The predicted octanol–water partition coefficient (Wildman–Crippen LogP) is 3.42. The molecule has 134 valence electrons. The summed E-state index contributed by atoms with van der Waals surface area (Å²) < 4.78 is 11.2. The van der Waals surface area contributed by atoms with Crippen LogP contribution in [0.15, 0.2) is 47.4 Å². The van der Waals surface area contributed by atoms with Crippen LogP contribution in [0, 0.1) is 0 Å². The highest BCUT2D eigenvalue weighted by atomic mass is 32.2. The molecule has 1 N–H and O–H groups in total. The Kier molecular flexibility index (Phi) is 6.24. The second kappa shape index (κ2) is 8.61. The molecule has 1 fully saturated rings. The van der Waals surface area contributed by atoms with Gasteiger partial charge in [-0.2, -0.15) is 0 Å². The summed E-state index contributed by atoms with van der Waals surface area (Å²) in [6.07, 6.45) is 2.11. The van der Waals surface area contributed by atoms with Gasteiger partial charge in [0.05, 0.1) is 20.3 Å². The molecule has 1 unspecified atom stereocenters. The van der Waals surface area contributed by atoms with Crippen LogP contribution in [-0.4, -0.2) is 51.6 Å². The molecule has 0 radical (unpaired) electrons. The van der Waals surface area contributed by atoms with E-state index in [1.807, 2.05) is 12.1 Å². The van der Waals surface area contributed by atoms with Crippen molar-refractivity contribution in [1.82, 2.24) is 10.2 Å². The molecule has 1 heterocycles. The Labute approximate surface area is 154 Å². The highest BCUT2D eigenvalue weighted by Crippen LogP contribution is 2.37. The van der Waals surface area contributed by atoms with E-state index < -0.39 is 0 Å². The molecule has 1 aliphatic heterocycles. The minimum Gasteiger partial charge on any atom is -0.497 e. The van der Waals surface area contributed by atoms with Gasteiger partial charge in [0, 0.05) is 36.6 Å². The van der Waals surface area contributed by atoms with Crippen LogP contribution in [0.5, 0.6) is 11.5 Å². The monoisotopic (exact) mass is 358 g/mol. The van der Waals surface area contributed by atoms with Crippen LogP contribution in [0.25, 0.3) is 0 Å². The number of thioether (sulfide) groups is 1. The molecular formula is C20H26N2O2S. The van der Waals surface area contributed by atoms with Crippen molar-refractivity contribution in [2.24, 2.45) is 0 Å². The molecule has 2 aromatic rings. The van der Waals surface area contributed by atoms with Gasteiger partial charge in [-0.25, -0.2) is 0 Å². The maximum atomic E-state index is 5.68. The fourth-order valence-corrected chi connectivity index (χ4v) is 3.77. The van der Waals surface area contributed by atoms with E-state index in [1.54, 1.807) is 26.0 Å². The molecule has 4 nitrogen and oxygen atoms in total. The fraction of sp³-hybridized carbons (Fsp3) is 0.400. The van der Waals surface area contributed by atoms with E-state index in [0.717, 1.165) is 43.2 Å². The van der Waals surface area contributed by atoms with Gasteiger partial charge >= 0.3 is 0 Å². The van der Waals surface area contributed by atoms with Gasteiger partial charge in [0.15, 0.2) is 0 Å². The lowest BCUT2D eigenvalue weighted by molar-refractivity contribution is 0.195. The van der Waals surface area contributed by atoms with E-state index in [2.05, 4.69) is 46.8 Å². The number of hydrogen-bond donors (Lipinski definition) is 1. The summed E-state index contributed by atoms with van der Waals surface area (Å²) in [7, 11) is 3.44. The van der Waals surface area contributed by atoms with Gasteiger partial charge in [0.2, 0.25) is 0 Å². The molecule has 3 rings (SSSR count). The second-order valence-electron chi connectivity index (χ2n) is 6.07. The Morgan fingerprint density at radius 1 is 1.00 bits per heavy atom. The van der Waals surface area contributed by atoms with Crippen LogP contribution in [-0.2, 0) is 0 Å². The minimum atomic E-state index is 0.156. The Morgan fingerprint density at radius 2 is 1.72 bits per heavy atom. The zero-order valence-electron chi connectivity index (χ0n) is 15.1. The third-order valence-electron chi connectivity index (χ3n) is 4.68. The summed E-state index contributed by atoms with van der Waals surface area (Å²) in [5.41, 5.74) is 2.44. The lowest BCUT2D eigenvalue weighted by Crippen LogP contribution is -2.45. The average Bonchev–Trinajstić information content (AvgIpc) is 2.69. The molecule has 0 saturated carbocycles. The quantitative estimate of drug-likeness (QED) is 0.800. The molecule has 1 aliphatic rings. The van der Waals surface area contributed by atoms with Crippen LogP contribution in [0.3, 0.4) is 0 Å². The lowest BCUT2D eigenvalue weighted by Gasteiger charge is -2.36. The van der Waals surface area contributed by atoms with Gasteiger partial charge in [0.25, 0.3) is 0 Å². The highest BCUT2D eigenvalue weighted by molar-refractivity contribution is 7.98. The third kappa shape index (κ3) is 4.11. The molecule has 1 atom stereocenters. The number of piperazine rings is 1. The number of methoxy groups -OCH3 is 2. The first kappa shape index (κ1) is 18.1. The normalized spacial score (nSPS) is 16.4. The van der Waals surface area contributed by atoms with Crippen molar-refractivity contribution in [2.75, 3.05) is 46.7 Å². The van der Waals surface area contributed by atoms with Crippen molar-refractivity contribution in [3.8, 4) is 11.5 Å². The summed E-state index contributed by atoms with van der Waals surface area (Å²) >= 11 is 1.77. The topological polar surface area (TPSA) is 33.7 Å². The maximum Gasteiger partial charge on any atom is 0.124 e. The third-order valence-corrected chi connectivity index (χ3v) is 5.42. The highest BCUT2D eigenvalue weighted by Gasteiger charge is 2.27. The zero-order valence-corrected chi connectivity index (χ0v) is 15.9. The lowest BCUT2D eigenvalue weighted by atomic mass is 9.95. The Bertz CT molecular complexity index is 685. The first-order chi connectivity index (χ1) is 12.3. The van der Waals surface area contributed by atoms with Crippen molar-refractivity contribution in [3.05, 3.63) is 53.6 Å². The molecule has 0 spiro atoms. The predicted molar refractivity (Wildman–Crippen MR) is 104 cm³/mol. The molecule has 0 bridgehead atoms. The molecule has 1 saturated heterocycles. The van der Waals surface area contributed by atoms with Crippen LogP contribution in [0.2, 0.25) is 0 Å². The van der Waals surface area contributed by atoms with Crippen LogP contribution >= 0.6 is 11.8 Å². The van der Waals surface area contributed by atoms with Crippen molar-refractivity contribution in [1.29, 1.82) is 0 Å².